The highest BCUT2D eigenvalue weighted by molar-refractivity contribution is 5.91. The number of hydrogen-bond donors (Lipinski definition) is 2. The number of nitrogens with one attached hydrogen (secondary N) is 1. The minimum atomic E-state index is -0.450. The Hall–Kier alpha value is -1.48. The molecule has 1 aromatic rings. The van der Waals surface area contributed by atoms with Crippen molar-refractivity contribution in [2.75, 3.05) is 52.5 Å². The van der Waals surface area contributed by atoms with Gasteiger partial charge in [-0.3, -0.25) is 14.6 Å². The van der Waals surface area contributed by atoms with E-state index in [2.05, 4.69) is 33.9 Å². The summed E-state index contributed by atoms with van der Waals surface area (Å²) in [4.78, 5) is 20.9. The van der Waals surface area contributed by atoms with E-state index in [1.165, 1.54) is 19.1 Å². The molecule has 0 radical (unpaired) electrons. The van der Waals surface area contributed by atoms with E-state index in [1.807, 2.05) is 0 Å². The summed E-state index contributed by atoms with van der Waals surface area (Å²) in [5.41, 5.74) is 0.360. The van der Waals surface area contributed by atoms with Crippen molar-refractivity contribution in [2.45, 2.75) is 39.3 Å². The van der Waals surface area contributed by atoms with Gasteiger partial charge in [-0.2, -0.15) is 0 Å². The van der Waals surface area contributed by atoms with Crippen LogP contribution in [0.2, 0.25) is 0 Å². The molecule has 1 aliphatic heterocycles. The number of nitrogens with zero attached hydrogens (tertiary/aromatic N) is 3. The van der Waals surface area contributed by atoms with E-state index in [4.69, 9.17) is 9.15 Å². The van der Waals surface area contributed by atoms with Gasteiger partial charge in [0.15, 0.2) is 5.69 Å². The number of oxazole rings is 1. The monoisotopic (exact) mass is 394 g/mol. The van der Waals surface area contributed by atoms with E-state index in [1.54, 1.807) is 0 Å². The van der Waals surface area contributed by atoms with Gasteiger partial charge in [-0.1, -0.05) is 13.8 Å². The highest BCUT2D eigenvalue weighted by Gasteiger charge is 2.24. The minimum absolute atomic E-state index is 0.152. The van der Waals surface area contributed by atoms with Crippen LogP contribution in [-0.4, -0.2) is 84.4 Å². The number of rotatable bonds is 11. The Labute approximate surface area is 167 Å². The molecule has 158 valence electrons. The average Bonchev–Trinajstić information content (AvgIpc) is 3.38. The molecule has 2 fully saturated rings. The molecule has 1 aromatic heterocycles. The molecule has 1 aliphatic carbocycles. The van der Waals surface area contributed by atoms with Gasteiger partial charge >= 0.3 is 0 Å². The molecule has 1 amide bonds. The van der Waals surface area contributed by atoms with Gasteiger partial charge in [-0.15, -0.1) is 0 Å². The van der Waals surface area contributed by atoms with Crippen molar-refractivity contribution in [1.29, 1.82) is 0 Å². The number of aromatic nitrogens is 1. The van der Waals surface area contributed by atoms with Crippen molar-refractivity contribution in [3.63, 3.8) is 0 Å². The van der Waals surface area contributed by atoms with Crippen LogP contribution < -0.4 is 5.32 Å². The van der Waals surface area contributed by atoms with Gasteiger partial charge in [0.2, 0.25) is 5.89 Å². The first-order valence-electron chi connectivity index (χ1n) is 10.4. The Morgan fingerprint density at radius 1 is 1.29 bits per heavy atom. The second-order valence-corrected chi connectivity index (χ2v) is 8.44. The zero-order valence-corrected chi connectivity index (χ0v) is 17.1. The van der Waals surface area contributed by atoms with Crippen molar-refractivity contribution in [1.82, 2.24) is 20.1 Å². The number of carbonyl (C=O) groups excluding carboxylic acids is 1. The Morgan fingerprint density at radius 2 is 2.00 bits per heavy atom. The number of ether oxygens (including phenoxy) is 1. The zero-order chi connectivity index (χ0) is 19.9. The van der Waals surface area contributed by atoms with Gasteiger partial charge in [0, 0.05) is 45.9 Å². The number of β-amino-alcohol motifs (C(OH)–C–C–N with tert-alkyl or cyclic N) is 1. The lowest BCUT2D eigenvalue weighted by Crippen LogP contribution is -2.48. The largest absolute Gasteiger partial charge is 0.447 e. The molecule has 3 rings (SSSR count). The van der Waals surface area contributed by atoms with Crippen LogP contribution in [-0.2, 0) is 11.3 Å². The summed E-state index contributed by atoms with van der Waals surface area (Å²) in [5.74, 6) is 1.55. The Kier molecular flexibility index (Phi) is 7.84. The fourth-order valence-corrected chi connectivity index (χ4v) is 3.25. The van der Waals surface area contributed by atoms with E-state index in [0.717, 1.165) is 32.7 Å². The molecule has 0 spiro atoms. The summed E-state index contributed by atoms with van der Waals surface area (Å²) in [7, 11) is 0. The molecule has 1 atom stereocenters. The second-order valence-electron chi connectivity index (χ2n) is 8.44. The van der Waals surface area contributed by atoms with Crippen LogP contribution in [0.5, 0.6) is 0 Å². The van der Waals surface area contributed by atoms with E-state index >= 15 is 0 Å². The van der Waals surface area contributed by atoms with E-state index in [-0.39, 0.29) is 5.91 Å². The average molecular weight is 395 g/mol. The summed E-state index contributed by atoms with van der Waals surface area (Å²) >= 11 is 0. The molecular weight excluding hydrogens is 360 g/mol. The highest BCUT2D eigenvalue weighted by atomic mass is 16.5. The predicted molar refractivity (Wildman–Crippen MR) is 105 cm³/mol. The number of hydrogen-bond acceptors (Lipinski definition) is 7. The SMILES string of the molecule is CC(C)COCC(O)CN1CCN(Cc2nc(C(=O)NCC3CC3)co2)CC1. The zero-order valence-electron chi connectivity index (χ0n) is 17.1. The van der Waals surface area contributed by atoms with Gasteiger partial charge in [0.1, 0.15) is 6.26 Å². The van der Waals surface area contributed by atoms with Gasteiger partial charge in [-0.05, 0) is 24.7 Å². The fraction of sp³-hybridized carbons (Fsp3) is 0.800. The first kappa shape index (κ1) is 21.2. The molecule has 0 aromatic carbocycles. The molecule has 8 nitrogen and oxygen atoms in total. The van der Waals surface area contributed by atoms with E-state index in [9.17, 15) is 9.90 Å². The lowest BCUT2D eigenvalue weighted by atomic mass is 10.2. The van der Waals surface area contributed by atoms with Crippen LogP contribution in [0.1, 0.15) is 43.1 Å². The van der Waals surface area contributed by atoms with Gasteiger partial charge in [0.25, 0.3) is 5.91 Å². The lowest BCUT2D eigenvalue weighted by molar-refractivity contribution is -0.000850. The Morgan fingerprint density at radius 3 is 2.68 bits per heavy atom. The Bertz CT molecular complexity index is 609. The Balaban J connectivity index is 1.33. The van der Waals surface area contributed by atoms with Crippen LogP contribution >= 0.6 is 0 Å². The first-order valence-corrected chi connectivity index (χ1v) is 10.4. The quantitative estimate of drug-likeness (QED) is 0.578. The number of aliphatic hydroxyl groups excluding tert-OH is 1. The molecule has 2 N–H and O–H groups in total. The van der Waals surface area contributed by atoms with Crippen LogP contribution in [0.3, 0.4) is 0 Å². The van der Waals surface area contributed by atoms with Crippen LogP contribution in [0, 0.1) is 11.8 Å². The van der Waals surface area contributed by atoms with Crippen molar-refractivity contribution < 1.29 is 19.1 Å². The molecule has 1 saturated heterocycles. The van der Waals surface area contributed by atoms with Gasteiger partial charge in [0.05, 0.1) is 19.3 Å². The maximum Gasteiger partial charge on any atom is 0.273 e. The third-order valence-corrected chi connectivity index (χ3v) is 5.09. The van der Waals surface area contributed by atoms with Crippen molar-refractivity contribution in [2.24, 2.45) is 11.8 Å². The molecule has 1 unspecified atom stereocenters. The van der Waals surface area contributed by atoms with E-state index in [0.29, 0.717) is 49.7 Å². The molecule has 1 saturated carbocycles. The standard InChI is InChI=1S/C20H34N4O4/c1-15(2)12-27-13-17(25)10-23-5-7-24(8-6-23)11-19-22-18(14-28-19)20(26)21-9-16-3-4-16/h14-17,25H,3-13H2,1-2H3,(H,21,26). The van der Waals surface area contributed by atoms with Crippen LogP contribution in [0.4, 0.5) is 0 Å². The lowest BCUT2D eigenvalue weighted by Gasteiger charge is -2.34. The molecular formula is C20H34N4O4. The van der Waals surface area contributed by atoms with Crippen molar-refractivity contribution >= 4 is 5.91 Å². The molecule has 2 aliphatic rings. The van der Waals surface area contributed by atoms with Crippen molar-refractivity contribution in [3.8, 4) is 0 Å². The molecule has 2 heterocycles. The van der Waals surface area contributed by atoms with Crippen LogP contribution in [0.25, 0.3) is 0 Å². The van der Waals surface area contributed by atoms with Crippen LogP contribution in [0.15, 0.2) is 10.7 Å². The minimum Gasteiger partial charge on any atom is -0.447 e. The number of amides is 1. The normalized spacial score (nSPS) is 19.9. The summed E-state index contributed by atoms with van der Waals surface area (Å²) in [6, 6.07) is 0. The second kappa shape index (κ2) is 10.3. The molecule has 0 bridgehead atoms. The number of aliphatic hydroxyl groups is 1. The third kappa shape index (κ3) is 7.16. The molecule has 28 heavy (non-hydrogen) atoms. The predicted octanol–water partition coefficient (Wildman–Crippen LogP) is 0.966. The topological polar surface area (TPSA) is 91.1 Å². The number of piperazine rings is 1. The summed E-state index contributed by atoms with van der Waals surface area (Å²) in [6.07, 6.45) is 3.41. The van der Waals surface area contributed by atoms with Gasteiger partial charge in [-0.25, -0.2) is 4.98 Å². The maximum absolute atomic E-state index is 12.1. The highest BCUT2D eigenvalue weighted by Crippen LogP contribution is 2.27. The summed E-state index contributed by atoms with van der Waals surface area (Å²) in [6.45, 7) is 10.8. The van der Waals surface area contributed by atoms with Crippen molar-refractivity contribution in [3.05, 3.63) is 17.8 Å². The summed E-state index contributed by atoms with van der Waals surface area (Å²) in [5, 5.41) is 13.0. The maximum atomic E-state index is 12.1. The number of carbonyl (C=O) groups is 1. The first-order chi connectivity index (χ1) is 13.5. The molecule has 8 heteroatoms. The van der Waals surface area contributed by atoms with E-state index < -0.39 is 6.10 Å². The summed E-state index contributed by atoms with van der Waals surface area (Å²) < 4.78 is 11.0. The smallest absolute Gasteiger partial charge is 0.273 e. The third-order valence-electron chi connectivity index (χ3n) is 5.09. The fourth-order valence-electron chi connectivity index (χ4n) is 3.25. The van der Waals surface area contributed by atoms with Gasteiger partial charge < -0.3 is 19.6 Å².